The molecule has 2 nitrogen and oxygen atoms in total. The Hall–Kier alpha value is -1.02. The average molecular weight is 247 g/mol. The van der Waals surface area contributed by atoms with E-state index in [9.17, 15) is 0 Å². The number of likely N-dealkylation sites (N-methyl/N-ethyl adjacent to an activating group) is 1. The Morgan fingerprint density at radius 3 is 2.61 bits per heavy atom. The van der Waals surface area contributed by atoms with E-state index in [1.165, 1.54) is 37.7 Å². The van der Waals surface area contributed by atoms with E-state index in [0.29, 0.717) is 0 Å². The molecule has 1 aromatic rings. The van der Waals surface area contributed by atoms with Gasteiger partial charge in [-0.05, 0) is 38.4 Å². The molecule has 100 valence electrons. The Labute approximate surface area is 111 Å². The lowest BCUT2D eigenvalue weighted by Gasteiger charge is -2.31. The highest BCUT2D eigenvalue weighted by molar-refractivity contribution is 5.31. The van der Waals surface area contributed by atoms with Crippen molar-refractivity contribution in [3.05, 3.63) is 29.8 Å². The molecule has 0 bridgehead atoms. The van der Waals surface area contributed by atoms with Crippen molar-refractivity contribution < 1.29 is 4.74 Å². The van der Waals surface area contributed by atoms with Gasteiger partial charge in [0.25, 0.3) is 0 Å². The third kappa shape index (κ3) is 3.74. The van der Waals surface area contributed by atoms with E-state index in [1.807, 2.05) is 6.07 Å². The Kier molecular flexibility index (Phi) is 5.06. The molecule has 0 aliphatic heterocycles. The molecule has 0 unspecified atom stereocenters. The van der Waals surface area contributed by atoms with Crippen LogP contribution in [0, 0.1) is 6.92 Å². The predicted molar refractivity (Wildman–Crippen MR) is 76.2 cm³/mol. The Morgan fingerprint density at radius 2 is 1.89 bits per heavy atom. The molecule has 0 heterocycles. The number of aryl methyl sites for hydroxylation is 1. The van der Waals surface area contributed by atoms with Crippen LogP contribution in [0.25, 0.3) is 0 Å². The minimum absolute atomic E-state index is 0.777. The van der Waals surface area contributed by atoms with Gasteiger partial charge in [-0.25, -0.2) is 0 Å². The van der Waals surface area contributed by atoms with Crippen LogP contribution in [0.2, 0.25) is 0 Å². The quantitative estimate of drug-likeness (QED) is 0.787. The van der Waals surface area contributed by atoms with Crippen LogP contribution in [0.4, 0.5) is 0 Å². The van der Waals surface area contributed by atoms with Gasteiger partial charge in [0.15, 0.2) is 0 Å². The predicted octanol–water partition coefficient (Wildman–Crippen LogP) is 3.64. The van der Waals surface area contributed by atoms with Gasteiger partial charge in [0.05, 0.1) is 0 Å². The summed E-state index contributed by atoms with van der Waals surface area (Å²) in [5.74, 6) is 1.02. The smallest absolute Gasteiger partial charge is 0.122 e. The second-order valence-corrected chi connectivity index (χ2v) is 5.39. The fraction of sp³-hybridized carbons (Fsp3) is 0.625. The molecule has 0 atom stereocenters. The topological polar surface area (TPSA) is 12.5 Å². The van der Waals surface area contributed by atoms with Gasteiger partial charge in [0.2, 0.25) is 0 Å². The second-order valence-electron chi connectivity index (χ2n) is 5.39. The minimum Gasteiger partial charge on any atom is -0.492 e. The van der Waals surface area contributed by atoms with Crippen LogP contribution in [-0.2, 0) is 0 Å². The lowest BCUT2D eigenvalue weighted by Crippen LogP contribution is -2.36. The van der Waals surface area contributed by atoms with Gasteiger partial charge in [-0.1, -0.05) is 37.5 Å². The van der Waals surface area contributed by atoms with Crippen molar-refractivity contribution in [3.8, 4) is 5.75 Å². The van der Waals surface area contributed by atoms with E-state index in [4.69, 9.17) is 4.74 Å². The summed E-state index contributed by atoms with van der Waals surface area (Å²) >= 11 is 0. The third-order valence-corrected chi connectivity index (χ3v) is 3.99. The third-order valence-electron chi connectivity index (χ3n) is 3.99. The van der Waals surface area contributed by atoms with E-state index in [-0.39, 0.29) is 0 Å². The summed E-state index contributed by atoms with van der Waals surface area (Å²) in [4.78, 5) is 2.47. The summed E-state index contributed by atoms with van der Waals surface area (Å²) in [5, 5.41) is 0. The highest BCUT2D eigenvalue weighted by atomic mass is 16.5. The maximum absolute atomic E-state index is 5.86. The maximum atomic E-state index is 5.86. The van der Waals surface area contributed by atoms with Gasteiger partial charge in [-0.15, -0.1) is 0 Å². The minimum atomic E-state index is 0.777. The zero-order chi connectivity index (χ0) is 12.8. The molecule has 1 aliphatic carbocycles. The molecule has 0 amide bonds. The average Bonchev–Trinajstić information content (AvgIpc) is 2.42. The van der Waals surface area contributed by atoms with Crippen molar-refractivity contribution in [2.75, 3.05) is 20.2 Å². The number of ether oxygens (including phenoxy) is 1. The molecule has 1 saturated carbocycles. The maximum Gasteiger partial charge on any atom is 0.122 e. The molecule has 0 saturated heterocycles. The van der Waals surface area contributed by atoms with E-state index < -0.39 is 0 Å². The summed E-state index contributed by atoms with van der Waals surface area (Å²) in [6.07, 6.45) is 6.94. The SMILES string of the molecule is Cc1ccccc1OCCN(C)C1CCCCC1. The number of para-hydroxylation sites is 1. The molecule has 0 spiro atoms. The monoisotopic (exact) mass is 247 g/mol. The first-order valence-corrected chi connectivity index (χ1v) is 7.16. The van der Waals surface area contributed by atoms with Crippen molar-refractivity contribution in [1.29, 1.82) is 0 Å². The summed E-state index contributed by atoms with van der Waals surface area (Å²) in [6.45, 7) is 3.91. The molecule has 1 aliphatic rings. The first kappa shape index (κ1) is 13.4. The van der Waals surface area contributed by atoms with Crippen LogP contribution in [0.15, 0.2) is 24.3 Å². The highest BCUT2D eigenvalue weighted by Gasteiger charge is 2.17. The van der Waals surface area contributed by atoms with Gasteiger partial charge in [-0.3, -0.25) is 0 Å². The van der Waals surface area contributed by atoms with Crippen molar-refractivity contribution in [2.24, 2.45) is 0 Å². The molecule has 0 radical (unpaired) electrons. The first-order valence-electron chi connectivity index (χ1n) is 7.16. The van der Waals surface area contributed by atoms with E-state index in [2.05, 4.69) is 37.1 Å². The van der Waals surface area contributed by atoms with Gasteiger partial charge < -0.3 is 9.64 Å². The number of nitrogens with zero attached hydrogens (tertiary/aromatic N) is 1. The Bertz CT molecular complexity index is 358. The van der Waals surface area contributed by atoms with Crippen LogP contribution in [-0.4, -0.2) is 31.1 Å². The lowest BCUT2D eigenvalue weighted by atomic mass is 9.94. The van der Waals surface area contributed by atoms with Crippen LogP contribution < -0.4 is 4.74 Å². The van der Waals surface area contributed by atoms with Gasteiger partial charge in [0.1, 0.15) is 12.4 Å². The Balaban J connectivity index is 1.73. The normalized spacial score (nSPS) is 17.1. The summed E-state index contributed by atoms with van der Waals surface area (Å²) in [7, 11) is 2.23. The van der Waals surface area contributed by atoms with Crippen LogP contribution in [0.1, 0.15) is 37.7 Å². The van der Waals surface area contributed by atoms with Crippen molar-refractivity contribution in [1.82, 2.24) is 4.90 Å². The molecule has 18 heavy (non-hydrogen) atoms. The molecule has 2 rings (SSSR count). The summed E-state index contributed by atoms with van der Waals surface area (Å²) in [5.41, 5.74) is 1.22. The number of hydrogen-bond acceptors (Lipinski definition) is 2. The van der Waals surface area contributed by atoms with Crippen molar-refractivity contribution in [3.63, 3.8) is 0 Å². The molecular weight excluding hydrogens is 222 g/mol. The summed E-state index contributed by atoms with van der Waals surface area (Å²) in [6, 6.07) is 9.01. The van der Waals surface area contributed by atoms with Crippen LogP contribution in [0.3, 0.4) is 0 Å². The van der Waals surface area contributed by atoms with Gasteiger partial charge in [0, 0.05) is 12.6 Å². The fourth-order valence-electron chi connectivity index (χ4n) is 2.72. The molecule has 2 heteroatoms. The number of hydrogen-bond donors (Lipinski definition) is 0. The van der Waals surface area contributed by atoms with Crippen LogP contribution >= 0.6 is 0 Å². The molecule has 0 aromatic heterocycles. The van der Waals surface area contributed by atoms with E-state index >= 15 is 0 Å². The largest absolute Gasteiger partial charge is 0.492 e. The van der Waals surface area contributed by atoms with Gasteiger partial charge in [-0.2, -0.15) is 0 Å². The Morgan fingerprint density at radius 1 is 1.17 bits per heavy atom. The fourth-order valence-corrected chi connectivity index (χ4v) is 2.72. The highest BCUT2D eigenvalue weighted by Crippen LogP contribution is 2.21. The zero-order valence-corrected chi connectivity index (χ0v) is 11.7. The zero-order valence-electron chi connectivity index (χ0n) is 11.7. The number of benzene rings is 1. The molecule has 1 aromatic carbocycles. The standard InChI is InChI=1S/C16H25NO/c1-14-8-6-7-11-16(14)18-13-12-17(2)15-9-4-3-5-10-15/h6-8,11,15H,3-5,9-10,12-13H2,1-2H3. The first-order chi connectivity index (χ1) is 8.77. The van der Waals surface area contributed by atoms with E-state index in [0.717, 1.165) is 24.9 Å². The van der Waals surface area contributed by atoms with Crippen molar-refractivity contribution >= 4 is 0 Å². The van der Waals surface area contributed by atoms with Gasteiger partial charge >= 0.3 is 0 Å². The molecule has 1 fully saturated rings. The molecular formula is C16H25NO. The second kappa shape index (κ2) is 6.79. The summed E-state index contributed by atoms with van der Waals surface area (Å²) < 4.78 is 5.86. The van der Waals surface area contributed by atoms with Crippen molar-refractivity contribution in [2.45, 2.75) is 45.1 Å². The van der Waals surface area contributed by atoms with E-state index in [1.54, 1.807) is 0 Å². The lowest BCUT2D eigenvalue weighted by molar-refractivity contribution is 0.159. The number of rotatable bonds is 5. The molecule has 0 N–H and O–H groups in total. The van der Waals surface area contributed by atoms with Crippen LogP contribution in [0.5, 0.6) is 5.75 Å².